The number of anilines is 1. The van der Waals surface area contributed by atoms with E-state index in [1.54, 1.807) is 22.5 Å². The molecule has 116 valence electrons. The van der Waals surface area contributed by atoms with E-state index in [1.807, 2.05) is 6.92 Å². The number of rotatable bonds is 3. The first-order valence-electron chi connectivity index (χ1n) is 7.88. The average molecular weight is 308 g/mol. The van der Waals surface area contributed by atoms with Crippen LogP contribution in [0, 0.1) is 12.8 Å². The molecule has 5 heteroatoms. The van der Waals surface area contributed by atoms with E-state index in [4.69, 9.17) is 5.73 Å². The van der Waals surface area contributed by atoms with Crippen molar-refractivity contribution >= 4 is 15.7 Å². The van der Waals surface area contributed by atoms with Crippen LogP contribution in [0.1, 0.15) is 44.1 Å². The van der Waals surface area contributed by atoms with Crippen LogP contribution in [0.3, 0.4) is 0 Å². The van der Waals surface area contributed by atoms with Crippen molar-refractivity contribution in [2.24, 2.45) is 5.92 Å². The van der Waals surface area contributed by atoms with Gasteiger partial charge in [-0.1, -0.05) is 12.8 Å². The zero-order chi connectivity index (χ0) is 15.0. The fourth-order valence-corrected chi connectivity index (χ4v) is 5.66. The SMILES string of the molecule is Cc1cc(S(=O)(=O)N2CCCC2C2CCCC2)ccc1N. The van der Waals surface area contributed by atoms with Crippen molar-refractivity contribution in [2.75, 3.05) is 12.3 Å². The molecule has 1 heterocycles. The second kappa shape index (κ2) is 5.61. The summed E-state index contributed by atoms with van der Waals surface area (Å²) in [6.07, 6.45) is 6.84. The standard InChI is InChI=1S/C16H24N2O2S/c1-12-11-14(8-9-15(12)17)21(19,20)18-10-4-7-16(18)13-5-2-3-6-13/h8-9,11,13,16H,2-7,10,17H2,1H3. The lowest BCUT2D eigenvalue weighted by Crippen LogP contribution is -2.39. The molecule has 1 aromatic rings. The molecule has 1 saturated heterocycles. The van der Waals surface area contributed by atoms with Gasteiger partial charge in [0.1, 0.15) is 0 Å². The Bertz CT molecular complexity index is 621. The molecular formula is C16H24N2O2S. The lowest BCUT2D eigenvalue weighted by atomic mass is 9.97. The van der Waals surface area contributed by atoms with Crippen molar-refractivity contribution < 1.29 is 8.42 Å². The van der Waals surface area contributed by atoms with Crippen LogP contribution in [0.15, 0.2) is 23.1 Å². The Balaban J connectivity index is 1.91. The fraction of sp³-hybridized carbons (Fsp3) is 0.625. The molecule has 2 fully saturated rings. The Kier molecular flexibility index (Phi) is 3.97. The van der Waals surface area contributed by atoms with Crippen LogP contribution >= 0.6 is 0 Å². The first-order chi connectivity index (χ1) is 10.00. The lowest BCUT2D eigenvalue weighted by Gasteiger charge is -2.28. The van der Waals surface area contributed by atoms with E-state index >= 15 is 0 Å². The third-order valence-corrected chi connectivity index (χ3v) is 6.96. The summed E-state index contributed by atoms with van der Waals surface area (Å²) in [6, 6.07) is 5.24. The van der Waals surface area contributed by atoms with Crippen molar-refractivity contribution in [3.8, 4) is 0 Å². The zero-order valence-electron chi connectivity index (χ0n) is 12.6. The molecule has 2 aliphatic rings. The maximum absolute atomic E-state index is 13.0. The van der Waals surface area contributed by atoms with Crippen LogP contribution in [-0.2, 0) is 10.0 Å². The van der Waals surface area contributed by atoms with Crippen LogP contribution in [0.5, 0.6) is 0 Å². The van der Waals surface area contributed by atoms with Crippen molar-refractivity contribution in [3.63, 3.8) is 0 Å². The third-order valence-electron chi connectivity index (χ3n) is 5.04. The first-order valence-corrected chi connectivity index (χ1v) is 9.32. The number of nitrogens with zero attached hydrogens (tertiary/aromatic N) is 1. The van der Waals surface area contributed by atoms with Gasteiger partial charge >= 0.3 is 0 Å². The summed E-state index contributed by atoms with van der Waals surface area (Å²) in [6.45, 7) is 2.51. The highest BCUT2D eigenvalue weighted by Crippen LogP contribution is 2.38. The fourth-order valence-electron chi connectivity index (χ4n) is 3.82. The number of nitrogen functional groups attached to an aromatic ring is 1. The van der Waals surface area contributed by atoms with Crippen LogP contribution in [-0.4, -0.2) is 25.3 Å². The predicted octanol–water partition coefficient (Wildman–Crippen LogP) is 2.92. The van der Waals surface area contributed by atoms with Gasteiger partial charge in [0, 0.05) is 18.3 Å². The molecule has 0 amide bonds. The molecule has 1 unspecified atom stereocenters. The molecule has 0 aromatic heterocycles. The highest BCUT2D eigenvalue weighted by molar-refractivity contribution is 7.89. The Labute approximate surface area is 127 Å². The molecule has 1 aromatic carbocycles. The summed E-state index contributed by atoms with van der Waals surface area (Å²) >= 11 is 0. The molecule has 0 radical (unpaired) electrons. The molecule has 4 nitrogen and oxygen atoms in total. The van der Waals surface area contributed by atoms with Gasteiger partial charge in [-0.05, 0) is 62.3 Å². The summed E-state index contributed by atoms with van der Waals surface area (Å²) in [5.41, 5.74) is 7.27. The minimum absolute atomic E-state index is 0.204. The average Bonchev–Trinajstić information content (AvgIpc) is 3.11. The maximum Gasteiger partial charge on any atom is 0.243 e. The monoisotopic (exact) mass is 308 g/mol. The van der Waals surface area contributed by atoms with Gasteiger partial charge in [-0.3, -0.25) is 0 Å². The van der Waals surface area contributed by atoms with Gasteiger partial charge in [-0.15, -0.1) is 0 Å². The lowest BCUT2D eigenvalue weighted by molar-refractivity contribution is 0.288. The molecule has 1 aliphatic heterocycles. The quantitative estimate of drug-likeness (QED) is 0.873. The van der Waals surface area contributed by atoms with Crippen LogP contribution < -0.4 is 5.73 Å². The van der Waals surface area contributed by atoms with Gasteiger partial charge in [-0.25, -0.2) is 8.42 Å². The molecule has 1 atom stereocenters. The zero-order valence-corrected chi connectivity index (χ0v) is 13.4. The van der Waals surface area contributed by atoms with Gasteiger partial charge in [0.2, 0.25) is 10.0 Å². The van der Waals surface area contributed by atoms with Crippen molar-refractivity contribution in [1.82, 2.24) is 4.31 Å². The van der Waals surface area contributed by atoms with Crippen LogP contribution in [0.4, 0.5) is 5.69 Å². The van der Waals surface area contributed by atoms with Gasteiger partial charge in [0.15, 0.2) is 0 Å². The summed E-state index contributed by atoms with van der Waals surface area (Å²) in [7, 11) is -3.39. The Morgan fingerprint density at radius 3 is 2.52 bits per heavy atom. The van der Waals surface area contributed by atoms with Crippen molar-refractivity contribution in [1.29, 1.82) is 0 Å². The minimum atomic E-state index is -3.39. The molecule has 3 rings (SSSR count). The molecular weight excluding hydrogens is 284 g/mol. The number of hydrogen-bond acceptors (Lipinski definition) is 3. The van der Waals surface area contributed by atoms with Gasteiger partial charge < -0.3 is 5.73 Å². The molecule has 1 saturated carbocycles. The highest BCUT2D eigenvalue weighted by Gasteiger charge is 2.40. The molecule has 0 bridgehead atoms. The molecule has 2 N–H and O–H groups in total. The summed E-state index contributed by atoms with van der Waals surface area (Å²) < 4.78 is 27.7. The minimum Gasteiger partial charge on any atom is -0.399 e. The smallest absolute Gasteiger partial charge is 0.243 e. The molecule has 21 heavy (non-hydrogen) atoms. The molecule has 0 spiro atoms. The summed E-state index contributed by atoms with van der Waals surface area (Å²) in [4.78, 5) is 0.388. The number of aryl methyl sites for hydroxylation is 1. The van der Waals surface area contributed by atoms with E-state index in [-0.39, 0.29) is 6.04 Å². The van der Waals surface area contributed by atoms with E-state index in [9.17, 15) is 8.42 Å². The van der Waals surface area contributed by atoms with Crippen LogP contribution in [0.2, 0.25) is 0 Å². The van der Waals surface area contributed by atoms with Gasteiger partial charge in [-0.2, -0.15) is 4.31 Å². The Morgan fingerprint density at radius 1 is 1.14 bits per heavy atom. The largest absolute Gasteiger partial charge is 0.399 e. The second-order valence-corrected chi connectivity index (χ2v) is 8.28. The summed E-state index contributed by atoms with van der Waals surface area (Å²) in [5.74, 6) is 0.553. The number of benzene rings is 1. The first kappa shape index (κ1) is 14.9. The Morgan fingerprint density at radius 2 is 1.86 bits per heavy atom. The summed E-state index contributed by atoms with van der Waals surface area (Å²) in [5, 5.41) is 0. The van der Waals surface area contributed by atoms with Gasteiger partial charge in [0.05, 0.1) is 4.90 Å². The number of sulfonamides is 1. The van der Waals surface area contributed by atoms with E-state index < -0.39 is 10.0 Å². The topological polar surface area (TPSA) is 63.4 Å². The van der Waals surface area contributed by atoms with E-state index in [0.29, 0.717) is 23.0 Å². The van der Waals surface area contributed by atoms with Crippen molar-refractivity contribution in [3.05, 3.63) is 23.8 Å². The number of nitrogens with two attached hydrogens (primary N) is 1. The highest BCUT2D eigenvalue weighted by atomic mass is 32.2. The second-order valence-electron chi connectivity index (χ2n) is 6.39. The number of hydrogen-bond donors (Lipinski definition) is 1. The Hall–Kier alpha value is -1.07. The normalized spacial score (nSPS) is 24.7. The molecule has 1 aliphatic carbocycles. The maximum atomic E-state index is 13.0. The van der Waals surface area contributed by atoms with Crippen LogP contribution in [0.25, 0.3) is 0 Å². The van der Waals surface area contributed by atoms with E-state index in [2.05, 4.69) is 0 Å². The van der Waals surface area contributed by atoms with Gasteiger partial charge in [0.25, 0.3) is 0 Å². The van der Waals surface area contributed by atoms with Crippen molar-refractivity contribution in [2.45, 2.75) is 56.4 Å². The van der Waals surface area contributed by atoms with E-state index in [0.717, 1.165) is 18.4 Å². The predicted molar refractivity (Wildman–Crippen MR) is 84.5 cm³/mol. The van der Waals surface area contributed by atoms with E-state index in [1.165, 1.54) is 25.7 Å². The third kappa shape index (κ3) is 2.69.